The number of aliphatic hydroxyl groups excluding tert-OH is 1. The predicted octanol–water partition coefficient (Wildman–Crippen LogP) is 0.818. The third-order valence-corrected chi connectivity index (χ3v) is 3.11. The largest absolute Gasteiger partial charge is 0.396 e. The summed E-state index contributed by atoms with van der Waals surface area (Å²) in [6, 6.07) is 0.669. The molecular weight excluding hydrogens is 176 g/mol. The van der Waals surface area contributed by atoms with Crippen molar-refractivity contribution in [2.24, 2.45) is 11.7 Å². The van der Waals surface area contributed by atoms with Crippen LogP contribution in [0.3, 0.4) is 0 Å². The number of aliphatic hydroxyl groups is 1. The molecule has 1 aliphatic heterocycles. The van der Waals surface area contributed by atoms with E-state index in [-0.39, 0.29) is 0 Å². The summed E-state index contributed by atoms with van der Waals surface area (Å²) in [5.41, 5.74) is 5.61. The summed E-state index contributed by atoms with van der Waals surface area (Å²) in [6.45, 7) is 5.41. The quantitative estimate of drug-likeness (QED) is 0.691. The first-order valence-corrected chi connectivity index (χ1v) is 5.83. The lowest BCUT2D eigenvalue weighted by Gasteiger charge is -2.37. The Morgan fingerprint density at radius 1 is 1.50 bits per heavy atom. The minimum Gasteiger partial charge on any atom is -0.396 e. The van der Waals surface area contributed by atoms with Crippen LogP contribution in [0.4, 0.5) is 0 Å². The zero-order valence-corrected chi connectivity index (χ0v) is 9.28. The smallest absolute Gasteiger partial charge is 0.0468 e. The Bertz CT molecular complexity index is 150. The molecule has 3 nitrogen and oxygen atoms in total. The van der Waals surface area contributed by atoms with Gasteiger partial charge in [0.2, 0.25) is 0 Å². The Kier molecular flexibility index (Phi) is 5.45. The van der Waals surface area contributed by atoms with Gasteiger partial charge in [0.25, 0.3) is 0 Å². The van der Waals surface area contributed by atoms with E-state index >= 15 is 0 Å². The van der Waals surface area contributed by atoms with Gasteiger partial charge in [0.05, 0.1) is 0 Å². The highest BCUT2D eigenvalue weighted by Crippen LogP contribution is 2.20. The average molecular weight is 200 g/mol. The maximum atomic E-state index is 9.03. The first-order valence-electron chi connectivity index (χ1n) is 5.83. The lowest BCUT2D eigenvalue weighted by molar-refractivity contribution is 0.103. The zero-order valence-electron chi connectivity index (χ0n) is 9.28. The van der Waals surface area contributed by atoms with E-state index in [0.29, 0.717) is 18.6 Å². The van der Waals surface area contributed by atoms with Gasteiger partial charge in [-0.15, -0.1) is 0 Å². The molecule has 0 aromatic carbocycles. The second-order valence-electron chi connectivity index (χ2n) is 4.51. The average Bonchev–Trinajstić information content (AvgIpc) is 2.21. The Balaban J connectivity index is 2.37. The van der Waals surface area contributed by atoms with Crippen molar-refractivity contribution >= 4 is 0 Å². The molecule has 0 saturated carbocycles. The molecule has 3 heteroatoms. The van der Waals surface area contributed by atoms with Gasteiger partial charge in [-0.3, -0.25) is 4.90 Å². The van der Waals surface area contributed by atoms with Crippen LogP contribution in [0, 0.1) is 5.92 Å². The summed E-state index contributed by atoms with van der Waals surface area (Å²) in [5, 5.41) is 9.03. The van der Waals surface area contributed by atoms with Crippen molar-refractivity contribution in [1.29, 1.82) is 0 Å². The molecule has 0 aliphatic carbocycles. The van der Waals surface area contributed by atoms with Gasteiger partial charge in [0.15, 0.2) is 0 Å². The Morgan fingerprint density at radius 3 is 2.93 bits per heavy atom. The fourth-order valence-corrected chi connectivity index (χ4v) is 2.28. The van der Waals surface area contributed by atoms with Crippen LogP contribution in [0.1, 0.15) is 32.6 Å². The van der Waals surface area contributed by atoms with Crippen LogP contribution >= 0.6 is 0 Å². The molecule has 0 spiro atoms. The molecule has 0 aromatic rings. The van der Waals surface area contributed by atoms with E-state index < -0.39 is 0 Å². The zero-order chi connectivity index (χ0) is 10.4. The van der Waals surface area contributed by atoms with Gasteiger partial charge in [0, 0.05) is 19.2 Å². The topological polar surface area (TPSA) is 49.5 Å². The molecular formula is C11H24N2O. The molecule has 3 N–H and O–H groups in total. The fraction of sp³-hybridized carbons (Fsp3) is 1.00. The lowest BCUT2D eigenvalue weighted by atomic mass is 9.98. The molecule has 0 radical (unpaired) electrons. The number of piperidine rings is 1. The molecule has 0 aromatic heterocycles. The van der Waals surface area contributed by atoms with Gasteiger partial charge >= 0.3 is 0 Å². The Hall–Kier alpha value is -0.120. The van der Waals surface area contributed by atoms with E-state index in [1.54, 1.807) is 0 Å². The highest BCUT2D eigenvalue weighted by Gasteiger charge is 2.22. The van der Waals surface area contributed by atoms with Crippen LogP contribution < -0.4 is 5.73 Å². The maximum Gasteiger partial charge on any atom is 0.0468 e. The minimum atomic E-state index is 0.297. The van der Waals surface area contributed by atoms with Crippen molar-refractivity contribution in [3.8, 4) is 0 Å². The third-order valence-electron chi connectivity index (χ3n) is 3.11. The van der Waals surface area contributed by atoms with Crippen LogP contribution in [-0.4, -0.2) is 42.3 Å². The number of likely N-dealkylation sites (tertiary alicyclic amines) is 1. The van der Waals surface area contributed by atoms with Crippen molar-refractivity contribution in [2.75, 3.05) is 26.2 Å². The second kappa shape index (κ2) is 6.38. The highest BCUT2D eigenvalue weighted by atomic mass is 16.3. The SMILES string of the molecule is CC(CO)CN1CCCCC1CCN. The number of nitrogens with zero attached hydrogens (tertiary/aromatic N) is 1. The summed E-state index contributed by atoms with van der Waals surface area (Å²) in [4.78, 5) is 2.51. The molecule has 14 heavy (non-hydrogen) atoms. The molecule has 84 valence electrons. The Labute approximate surface area is 87.3 Å². The summed E-state index contributed by atoms with van der Waals surface area (Å²) in [5.74, 6) is 0.397. The van der Waals surface area contributed by atoms with Gasteiger partial charge in [0.1, 0.15) is 0 Å². The van der Waals surface area contributed by atoms with Gasteiger partial charge in [-0.1, -0.05) is 13.3 Å². The summed E-state index contributed by atoms with van der Waals surface area (Å²) in [7, 11) is 0. The molecule has 2 unspecified atom stereocenters. The van der Waals surface area contributed by atoms with Gasteiger partial charge in [-0.25, -0.2) is 0 Å². The maximum absolute atomic E-state index is 9.03. The molecule has 1 aliphatic rings. The van der Waals surface area contributed by atoms with E-state index in [1.807, 2.05) is 0 Å². The van der Waals surface area contributed by atoms with Gasteiger partial charge in [-0.2, -0.15) is 0 Å². The summed E-state index contributed by atoms with van der Waals surface area (Å²) < 4.78 is 0. The van der Waals surface area contributed by atoms with Crippen LogP contribution in [0.2, 0.25) is 0 Å². The number of hydrogen-bond acceptors (Lipinski definition) is 3. The normalized spacial score (nSPS) is 26.4. The van der Waals surface area contributed by atoms with Crippen molar-refractivity contribution in [3.63, 3.8) is 0 Å². The number of rotatable bonds is 5. The van der Waals surface area contributed by atoms with Crippen molar-refractivity contribution in [2.45, 2.75) is 38.6 Å². The monoisotopic (exact) mass is 200 g/mol. The number of hydrogen-bond donors (Lipinski definition) is 2. The second-order valence-corrected chi connectivity index (χ2v) is 4.51. The third kappa shape index (κ3) is 3.56. The van der Waals surface area contributed by atoms with Crippen LogP contribution in [0.25, 0.3) is 0 Å². The summed E-state index contributed by atoms with van der Waals surface area (Å²) >= 11 is 0. The first kappa shape index (κ1) is 12.0. The number of nitrogens with two attached hydrogens (primary N) is 1. The molecule has 2 atom stereocenters. The molecule has 1 rings (SSSR count). The molecule has 1 heterocycles. The molecule has 0 bridgehead atoms. The Morgan fingerprint density at radius 2 is 2.29 bits per heavy atom. The van der Waals surface area contributed by atoms with Gasteiger partial charge in [-0.05, 0) is 38.3 Å². The van der Waals surface area contributed by atoms with Crippen LogP contribution in [0.5, 0.6) is 0 Å². The van der Waals surface area contributed by atoms with Gasteiger partial charge < -0.3 is 10.8 Å². The molecule has 1 saturated heterocycles. The first-order chi connectivity index (χ1) is 6.77. The lowest BCUT2D eigenvalue weighted by Crippen LogP contribution is -2.43. The molecule has 1 fully saturated rings. The fourth-order valence-electron chi connectivity index (χ4n) is 2.28. The van der Waals surface area contributed by atoms with Crippen molar-refractivity contribution < 1.29 is 5.11 Å². The predicted molar refractivity (Wildman–Crippen MR) is 59.1 cm³/mol. The van der Waals surface area contributed by atoms with E-state index in [1.165, 1.54) is 25.8 Å². The van der Waals surface area contributed by atoms with E-state index in [2.05, 4.69) is 11.8 Å². The van der Waals surface area contributed by atoms with Crippen LogP contribution in [-0.2, 0) is 0 Å². The van der Waals surface area contributed by atoms with Crippen molar-refractivity contribution in [3.05, 3.63) is 0 Å². The summed E-state index contributed by atoms with van der Waals surface area (Å²) in [6.07, 6.45) is 5.04. The van der Waals surface area contributed by atoms with E-state index in [0.717, 1.165) is 19.5 Å². The van der Waals surface area contributed by atoms with Crippen LogP contribution in [0.15, 0.2) is 0 Å². The van der Waals surface area contributed by atoms with E-state index in [4.69, 9.17) is 10.8 Å². The standard InChI is InChI=1S/C11H24N2O/c1-10(9-14)8-13-7-3-2-4-11(13)5-6-12/h10-11,14H,2-9,12H2,1H3. The molecule has 0 amide bonds. The van der Waals surface area contributed by atoms with E-state index in [9.17, 15) is 0 Å². The minimum absolute atomic E-state index is 0.297. The van der Waals surface area contributed by atoms with Crippen molar-refractivity contribution in [1.82, 2.24) is 4.90 Å². The highest BCUT2D eigenvalue weighted by molar-refractivity contribution is 4.78.